The van der Waals surface area contributed by atoms with Crippen LogP contribution in [-0.2, 0) is 46.6 Å². The molecule has 0 aromatic rings. The highest BCUT2D eigenvalue weighted by atomic mass is 28.4. The molecule has 0 bridgehead atoms. The highest BCUT2D eigenvalue weighted by Crippen LogP contribution is 2.43. The fourth-order valence-corrected chi connectivity index (χ4v) is 19.2. The molecule has 0 aliphatic carbocycles. The molecule has 2 aliphatic rings. The van der Waals surface area contributed by atoms with Crippen molar-refractivity contribution in [2.24, 2.45) is 11.8 Å². The zero-order valence-corrected chi connectivity index (χ0v) is 47.8. The maximum absolute atomic E-state index is 14.1. The van der Waals surface area contributed by atoms with Crippen molar-refractivity contribution >= 4 is 36.9 Å². The average molecular weight is 968 g/mol. The minimum Gasteiger partial charge on any atom is -0.457 e. The standard InChI is InChI=1S/C52H98O10Si3/c1-19-45(61-64(24-6,25-7)26-8)41(14)50-46(57-50)38-51(17,62-65(27-9,28-10)29-11)35-30-31-39(12)49-40(13)32-33-47(56-42(15)53)52(18,59-43(16)55-20-2)36-34-44(37-48(54)58-49)60-63(21-3,22-4)23-5/h30-33,35,40-41,43-47,49-50H,19-29,34,36-38H2,1-18H3/b33-32-,35-30+,39-31+/t40-,41+,43-,44+,45-,46+,47-,49+,50+,51-,52+/m0/s1. The van der Waals surface area contributed by atoms with E-state index in [0.717, 1.165) is 72.8 Å². The molecule has 2 heterocycles. The van der Waals surface area contributed by atoms with E-state index >= 15 is 0 Å². The summed E-state index contributed by atoms with van der Waals surface area (Å²) in [6.45, 7) is 38.8. The first-order valence-corrected chi connectivity index (χ1v) is 33.6. The molecular weight excluding hydrogens is 869 g/mol. The Kier molecular flexibility index (Phi) is 25.4. The fraction of sp³-hybridized carbons (Fsp3) is 0.846. The lowest BCUT2D eigenvalue weighted by atomic mass is 9.88. The van der Waals surface area contributed by atoms with E-state index < -0.39 is 60.6 Å². The topological polar surface area (TPSA) is 111 Å². The van der Waals surface area contributed by atoms with Gasteiger partial charge in [-0.25, -0.2) is 0 Å². The van der Waals surface area contributed by atoms with E-state index in [4.69, 9.17) is 37.0 Å². The number of allylic oxidation sites excluding steroid dienone is 2. The average Bonchev–Trinajstić information content (AvgIpc) is 4.05. The van der Waals surface area contributed by atoms with E-state index in [1.807, 2.05) is 46.8 Å². The van der Waals surface area contributed by atoms with Crippen LogP contribution in [0, 0.1) is 11.8 Å². The maximum Gasteiger partial charge on any atom is 0.308 e. The summed E-state index contributed by atoms with van der Waals surface area (Å²) in [6, 6.07) is 9.40. The van der Waals surface area contributed by atoms with Crippen LogP contribution in [0.5, 0.6) is 0 Å². The number of carbonyl (C=O) groups is 2. The first-order valence-electron chi connectivity index (χ1n) is 26.1. The van der Waals surface area contributed by atoms with Crippen LogP contribution in [0.3, 0.4) is 0 Å². The lowest BCUT2D eigenvalue weighted by molar-refractivity contribution is -0.227. The van der Waals surface area contributed by atoms with Crippen molar-refractivity contribution in [1.82, 2.24) is 0 Å². The third kappa shape index (κ3) is 17.5. The molecule has 13 heteroatoms. The third-order valence-electron chi connectivity index (χ3n) is 15.5. The molecule has 0 aromatic carbocycles. The number of hydrogen-bond donors (Lipinski definition) is 0. The van der Waals surface area contributed by atoms with Gasteiger partial charge in [0.1, 0.15) is 17.8 Å². The molecule has 0 N–H and O–H groups in total. The normalized spacial score (nSPS) is 28.1. The second-order valence-electron chi connectivity index (χ2n) is 19.8. The summed E-state index contributed by atoms with van der Waals surface area (Å²) < 4.78 is 53.0. The SMILES string of the molecule is CCO[C@H](C)O[C@]1(C)CC[C@@H](O[Si](CC)(CC)CC)CC(=O)O[C@H](/C(C)=C/C=C/[C@@](C)(C[C@H]2O[C@@H]2[C@H](C)[C@H](CC)O[Si](CC)(CC)CC)O[Si](CC)(CC)CC)[C@@H](C)/C=C\[C@@H]1OC(C)=O. The van der Waals surface area contributed by atoms with E-state index in [0.29, 0.717) is 25.4 Å². The van der Waals surface area contributed by atoms with Gasteiger partial charge >= 0.3 is 11.9 Å². The monoisotopic (exact) mass is 967 g/mol. The van der Waals surface area contributed by atoms with Gasteiger partial charge in [0.15, 0.2) is 31.2 Å². The Morgan fingerprint density at radius 3 is 1.95 bits per heavy atom. The van der Waals surface area contributed by atoms with Crippen LogP contribution in [0.15, 0.2) is 36.0 Å². The Labute approximate surface area is 401 Å². The summed E-state index contributed by atoms with van der Waals surface area (Å²) in [7, 11) is -5.95. The molecule has 378 valence electrons. The minimum atomic E-state index is -2.13. The van der Waals surface area contributed by atoms with Crippen molar-refractivity contribution in [3.63, 3.8) is 0 Å². The van der Waals surface area contributed by atoms with E-state index in [-0.39, 0.29) is 42.7 Å². The number of rotatable bonds is 28. The van der Waals surface area contributed by atoms with E-state index in [9.17, 15) is 9.59 Å². The molecule has 2 rings (SSSR count). The summed E-state index contributed by atoms with van der Waals surface area (Å²) >= 11 is 0. The van der Waals surface area contributed by atoms with Crippen molar-refractivity contribution in [2.75, 3.05) is 6.61 Å². The van der Waals surface area contributed by atoms with Crippen LogP contribution in [-0.4, -0.2) is 97.6 Å². The van der Waals surface area contributed by atoms with Gasteiger partial charge in [0.2, 0.25) is 0 Å². The molecule has 1 saturated heterocycles. The molecule has 0 spiro atoms. The highest BCUT2D eigenvalue weighted by Gasteiger charge is 2.51. The predicted molar refractivity (Wildman–Crippen MR) is 275 cm³/mol. The summed E-state index contributed by atoms with van der Waals surface area (Å²) in [5, 5.41) is 0. The Bertz CT molecular complexity index is 1480. The summed E-state index contributed by atoms with van der Waals surface area (Å²) in [5.74, 6) is -0.667. The van der Waals surface area contributed by atoms with E-state index in [1.165, 1.54) is 6.92 Å². The Balaban J connectivity index is 2.62. The number of cyclic esters (lactones) is 1. The molecule has 0 amide bonds. The quantitative estimate of drug-likeness (QED) is 0.0188. The van der Waals surface area contributed by atoms with Gasteiger partial charge in [-0.1, -0.05) is 107 Å². The molecule has 65 heavy (non-hydrogen) atoms. The molecular formula is C52H98O10Si3. The Hall–Kier alpha value is -1.43. The van der Waals surface area contributed by atoms with E-state index in [2.05, 4.69) is 101 Å². The number of carbonyl (C=O) groups excluding carboxylic acids is 2. The molecule has 0 unspecified atom stereocenters. The van der Waals surface area contributed by atoms with Gasteiger partial charge in [0.05, 0.1) is 30.3 Å². The number of esters is 2. The van der Waals surface area contributed by atoms with Gasteiger partial charge in [-0.3, -0.25) is 9.59 Å². The smallest absolute Gasteiger partial charge is 0.308 e. The van der Waals surface area contributed by atoms with Crippen molar-refractivity contribution in [3.8, 4) is 0 Å². The fourth-order valence-electron chi connectivity index (χ4n) is 10.2. The second-order valence-corrected chi connectivity index (χ2v) is 33.9. The van der Waals surface area contributed by atoms with Gasteiger partial charge < -0.3 is 37.0 Å². The van der Waals surface area contributed by atoms with Gasteiger partial charge in [0, 0.05) is 37.9 Å². The minimum absolute atomic E-state index is 0.0828. The second kappa shape index (κ2) is 27.7. The predicted octanol–water partition coefficient (Wildman–Crippen LogP) is 13.6. The van der Waals surface area contributed by atoms with Crippen LogP contribution in [0.25, 0.3) is 0 Å². The zero-order valence-electron chi connectivity index (χ0n) is 44.8. The first kappa shape index (κ1) is 59.7. The third-order valence-corrected chi connectivity index (χ3v) is 29.6. The summed E-state index contributed by atoms with van der Waals surface area (Å²) in [5.41, 5.74) is -0.625. The van der Waals surface area contributed by atoms with Gasteiger partial charge in [0.25, 0.3) is 0 Å². The van der Waals surface area contributed by atoms with Crippen molar-refractivity contribution in [1.29, 1.82) is 0 Å². The molecule has 1 fully saturated rings. The van der Waals surface area contributed by atoms with Crippen LogP contribution in [0.2, 0.25) is 54.4 Å². The van der Waals surface area contributed by atoms with Gasteiger partial charge in [-0.2, -0.15) is 0 Å². The zero-order chi connectivity index (χ0) is 49.2. The van der Waals surface area contributed by atoms with Crippen molar-refractivity contribution < 1.29 is 46.6 Å². The van der Waals surface area contributed by atoms with Crippen molar-refractivity contribution in [3.05, 3.63) is 36.0 Å². The molecule has 0 aromatic heterocycles. The molecule has 0 radical (unpaired) electrons. The number of ether oxygens (including phenoxy) is 5. The lowest BCUT2D eigenvalue weighted by Crippen LogP contribution is -2.48. The van der Waals surface area contributed by atoms with Crippen LogP contribution in [0.1, 0.15) is 157 Å². The number of hydrogen-bond acceptors (Lipinski definition) is 10. The highest BCUT2D eigenvalue weighted by molar-refractivity contribution is 6.74. The Morgan fingerprint density at radius 1 is 0.877 bits per heavy atom. The van der Waals surface area contributed by atoms with Crippen molar-refractivity contribution in [2.45, 2.75) is 265 Å². The maximum atomic E-state index is 14.1. The lowest BCUT2D eigenvalue weighted by Gasteiger charge is -2.40. The first-order chi connectivity index (χ1) is 30.6. The molecule has 0 saturated carbocycles. The summed E-state index contributed by atoms with van der Waals surface area (Å²) in [4.78, 5) is 26.8. The van der Waals surface area contributed by atoms with E-state index in [1.54, 1.807) is 0 Å². The molecule has 2 aliphatic heterocycles. The van der Waals surface area contributed by atoms with Crippen LogP contribution < -0.4 is 0 Å². The van der Waals surface area contributed by atoms with Gasteiger partial charge in [-0.05, 0) is 120 Å². The molecule has 11 atom stereocenters. The van der Waals surface area contributed by atoms with Gasteiger partial charge in [-0.15, -0.1) is 0 Å². The molecule has 10 nitrogen and oxygen atoms in total. The van der Waals surface area contributed by atoms with Crippen LogP contribution in [0.4, 0.5) is 0 Å². The number of epoxide rings is 1. The largest absolute Gasteiger partial charge is 0.457 e. The summed E-state index contributed by atoms with van der Waals surface area (Å²) in [6.07, 6.45) is 11.3. The van der Waals surface area contributed by atoms with Crippen LogP contribution >= 0.6 is 0 Å². The Morgan fingerprint density at radius 2 is 1.45 bits per heavy atom.